The van der Waals surface area contributed by atoms with E-state index in [-0.39, 0.29) is 0 Å². The molecule has 52 heavy (non-hydrogen) atoms. The quantitative estimate of drug-likeness (QED) is 0.183. The van der Waals surface area contributed by atoms with Crippen molar-refractivity contribution in [1.29, 1.82) is 0 Å². The van der Waals surface area contributed by atoms with E-state index in [1.165, 1.54) is 77.2 Å². The van der Waals surface area contributed by atoms with Crippen LogP contribution in [0.5, 0.6) is 0 Å². The van der Waals surface area contributed by atoms with E-state index < -0.39 is 5.41 Å². The van der Waals surface area contributed by atoms with Gasteiger partial charge in [-0.15, -0.1) is 0 Å². The van der Waals surface area contributed by atoms with E-state index in [1.807, 2.05) is 0 Å². The minimum atomic E-state index is -0.526. The molecule has 0 saturated heterocycles. The molecular formula is C51H32O. The Balaban J connectivity index is 1.19. The van der Waals surface area contributed by atoms with E-state index in [2.05, 4.69) is 194 Å². The van der Waals surface area contributed by atoms with Crippen molar-refractivity contribution in [3.05, 3.63) is 216 Å². The third-order valence-corrected chi connectivity index (χ3v) is 11.3. The van der Waals surface area contributed by atoms with Crippen molar-refractivity contribution in [3.8, 4) is 33.4 Å². The zero-order valence-corrected chi connectivity index (χ0v) is 28.4. The minimum absolute atomic E-state index is 0.526. The van der Waals surface area contributed by atoms with E-state index in [0.717, 1.165) is 21.9 Å². The number of hydrogen-bond acceptors (Lipinski definition) is 1. The highest BCUT2D eigenvalue weighted by Crippen LogP contribution is 2.59. The third kappa shape index (κ3) is 4.17. The molecule has 0 saturated carbocycles. The number of furan rings is 1. The van der Waals surface area contributed by atoms with Crippen molar-refractivity contribution in [1.82, 2.24) is 0 Å². The molecule has 9 aromatic carbocycles. The zero-order valence-electron chi connectivity index (χ0n) is 28.4. The van der Waals surface area contributed by atoms with Crippen molar-refractivity contribution in [3.63, 3.8) is 0 Å². The summed E-state index contributed by atoms with van der Waals surface area (Å²) in [6.45, 7) is 0. The SMILES string of the molecule is c1ccc(-c2ccc3c(c2)C(c2ccccc2)(c2ccccc2)c2c-3ccc3ccc(-c4ccc5oc6cc7ccccc7cc6c5c4)cc23)cc1. The Bertz CT molecular complexity index is 2950. The van der Waals surface area contributed by atoms with Gasteiger partial charge in [-0.1, -0.05) is 158 Å². The minimum Gasteiger partial charge on any atom is -0.456 e. The van der Waals surface area contributed by atoms with Crippen molar-refractivity contribution in [2.24, 2.45) is 0 Å². The van der Waals surface area contributed by atoms with E-state index in [4.69, 9.17) is 4.42 Å². The van der Waals surface area contributed by atoms with Gasteiger partial charge in [-0.3, -0.25) is 0 Å². The summed E-state index contributed by atoms with van der Waals surface area (Å²) in [5.41, 5.74) is 13.9. The Morgan fingerprint density at radius 2 is 0.865 bits per heavy atom. The fraction of sp³-hybridized carbons (Fsp3) is 0.0196. The molecule has 1 nitrogen and oxygen atoms in total. The van der Waals surface area contributed by atoms with Gasteiger partial charge in [-0.2, -0.15) is 0 Å². The molecule has 1 aliphatic carbocycles. The maximum Gasteiger partial charge on any atom is 0.136 e. The van der Waals surface area contributed by atoms with Crippen LogP contribution in [0.3, 0.4) is 0 Å². The van der Waals surface area contributed by atoms with Crippen LogP contribution in [0.25, 0.3) is 76.9 Å². The smallest absolute Gasteiger partial charge is 0.136 e. The number of benzene rings is 9. The van der Waals surface area contributed by atoms with Crippen LogP contribution in [-0.4, -0.2) is 0 Å². The average molecular weight is 661 g/mol. The summed E-state index contributed by atoms with van der Waals surface area (Å²) in [5, 5.41) is 7.20. The molecule has 1 heterocycles. The van der Waals surface area contributed by atoms with Gasteiger partial charge < -0.3 is 4.42 Å². The monoisotopic (exact) mass is 660 g/mol. The lowest BCUT2D eigenvalue weighted by atomic mass is 9.66. The molecule has 0 bridgehead atoms. The van der Waals surface area contributed by atoms with Crippen molar-refractivity contribution in [2.45, 2.75) is 5.41 Å². The summed E-state index contributed by atoms with van der Waals surface area (Å²) < 4.78 is 6.38. The molecule has 242 valence electrons. The van der Waals surface area contributed by atoms with Crippen LogP contribution >= 0.6 is 0 Å². The maximum atomic E-state index is 6.38. The lowest BCUT2D eigenvalue weighted by Crippen LogP contribution is -2.28. The number of fused-ring (bicyclic) bond motifs is 9. The molecule has 0 spiro atoms. The molecule has 0 fully saturated rings. The van der Waals surface area contributed by atoms with Crippen LogP contribution in [-0.2, 0) is 5.41 Å². The van der Waals surface area contributed by atoms with E-state index in [1.54, 1.807) is 0 Å². The van der Waals surface area contributed by atoms with E-state index in [9.17, 15) is 0 Å². The van der Waals surface area contributed by atoms with Gasteiger partial charge in [0.25, 0.3) is 0 Å². The van der Waals surface area contributed by atoms with Crippen LogP contribution < -0.4 is 0 Å². The first-order chi connectivity index (χ1) is 25.8. The number of hydrogen-bond donors (Lipinski definition) is 0. The Morgan fingerprint density at radius 1 is 0.327 bits per heavy atom. The van der Waals surface area contributed by atoms with Crippen LogP contribution in [0.1, 0.15) is 22.3 Å². The summed E-state index contributed by atoms with van der Waals surface area (Å²) in [4.78, 5) is 0. The van der Waals surface area contributed by atoms with Crippen molar-refractivity contribution in [2.75, 3.05) is 0 Å². The van der Waals surface area contributed by atoms with E-state index in [0.29, 0.717) is 0 Å². The Morgan fingerprint density at radius 3 is 1.60 bits per heavy atom. The Hall–Kier alpha value is -6.70. The van der Waals surface area contributed by atoms with Crippen LogP contribution in [0, 0.1) is 0 Å². The second-order valence-corrected chi connectivity index (χ2v) is 14.0. The molecule has 11 rings (SSSR count). The van der Waals surface area contributed by atoms with Gasteiger partial charge in [0.15, 0.2) is 0 Å². The Kier molecular flexibility index (Phi) is 6.23. The van der Waals surface area contributed by atoms with Gasteiger partial charge in [-0.25, -0.2) is 0 Å². The van der Waals surface area contributed by atoms with Gasteiger partial charge in [-0.05, 0) is 114 Å². The molecule has 0 aliphatic heterocycles. The summed E-state index contributed by atoms with van der Waals surface area (Å²) >= 11 is 0. The molecule has 1 aliphatic rings. The number of rotatable bonds is 4. The highest BCUT2D eigenvalue weighted by atomic mass is 16.3. The van der Waals surface area contributed by atoms with E-state index >= 15 is 0 Å². The lowest BCUT2D eigenvalue weighted by Gasteiger charge is -2.35. The van der Waals surface area contributed by atoms with Gasteiger partial charge in [0.1, 0.15) is 11.2 Å². The molecule has 0 amide bonds. The van der Waals surface area contributed by atoms with Crippen molar-refractivity contribution < 1.29 is 4.42 Å². The summed E-state index contributed by atoms with van der Waals surface area (Å²) in [5.74, 6) is 0. The highest BCUT2D eigenvalue weighted by Gasteiger charge is 2.47. The highest BCUT2D eigenvalue weighted by molar-refractivity contribution is 6.11. The largest absolute Gasteiger partial charge is 0.456 e. The first kappa shape index (κ1) is 29.1. The average Bonchev–Trinajstić information content (AvgIpc) is 3.73. The van der Waals surface area contributed by atoms with Gasteiger partial charge in [0.05, 0.1) is 5.41 Å². The summed E-state index contributed by atoms with van der Waals surface area (Å²) in [7, 11) is 0. The van der Waals surface area contributed by atoms with Crippen LogP contribution in [0.15, 0.2) is 199 Å². The first-order valence-electron chi connectivity index (χ1n) is 18.0. The van der Waals surface area contributed by atoms with Crippen LogP contribution in [0.4, 0.5) is 0 Å². The fourth-order valence-electron chi connectivity index (χ4n) is 8.95. The maximum absolute atomic E-state index is 6.38. The van der Waals surface area contributed by atoms with Gasteiger partial charge in [0, 0.05) is 10.8 Å². The van der Waals surface area contributed by atoms with Crippen molar-refractivity contribution >= 4 is 43.5 Å². The molecule has 0 unspecified atom stereocenters. The molecule has 1 heteroatoms. The predicted molar refractivity (Wildman–Crippen MR) is 217 cm³/mol. The second kappa shape index (κ2) is 11.2. The molecule has 10 aromatic rings. The second-order valence-electron chi connectivity index (χ2n) is 14.0. The molecule has 0 radical (unpaired) electrons. The van der Waals surface area contributed by atoms with Gasteiger partial charge >= 0.3 is 0 Å². The Labute approximate surface area is 302 Å². The molecule has 0 N–H and O–H groups in total. The lowest BCUT2D eigenvalue weighted by molar-refractivity contribution is 0.669. The third-order valence-electron chi connectivity index (χ3n) is 11.3. The predicted octanol–water partition coefficient (Wildman–Crippen LogP) is 13.6. The first-order valence-corrected chi connectivity index (χ1v) is 18.0. The van der Waals surface area contributed by atoms with Gasteiger partial charge in [0.2, 0.25) is 0 Å². The normalized spacial score (nSPS) is 13.2. The molecule has 0 atom stereocenters. The zero-order chi connectivity index (χ0) is 34.2. The summed E-state index contributed by atoms with van der Waals surface area (Å²) in [6.07, 6.45) is 0. The van der Waals surface area contributed by atoms with Crippen LogP contribution in [0.2, 0.25) is 0 Å². The fourth-order valence-corrected chi connectivity index (χ4v) is 8.95. The topological polar surface area (TPSA) is 13.1 Å². The molecular weight excluding hydrogens is 629 g/mol. The standard InChI is InChI=1S/C51H32O/c1-4-12-33(13-5-1)39-23-25-42-43-26-22-34-20-21-37(38-24-27-48-45(30-38)46-29-35-14-10-11-15-36(35)32-49(46)52-48)28-44(34)50(43)51(47(42)31-39,40-16-6-2-7-17-40)41-18-8-3-9-19-41/h1-32H. The molecule has 1 aromatic heterocycles. The summed E-state index contributed by atoms with van der Waals surface area (Å²) in [6, 6.07) is 71.3.